The molecule has 0 bridgehead atoms. The Morgan fingerprint density at radius 1 is 1.31 bits per heavy atom. The first kappa shape index (κ1) is 10.2. The molecule has 3 rings (SSSR count). The molecule has 2 aliphatic heterocycles. The van der Waals surface area contributed by atoms with Gasteiger partial charge in [-0.05, 0) is 11.8 Å². The lowest BCUT2D eigenvalue weighted by molar-refractivity contribution is -0.0817. The van der Waals surface area contributed by atoms with E-state index in [4.69, 9.17) is 0 Å². The molecule has 2 heterocycles. The van der Waals surface area contributed by atoms with Crippen molar-refractivity contribution in [3.8, 4) is 0 Å². The molecule has 1 atom stereocenters. The van der Waals surface area contributed by atoms with Crippen LogP contribution in [0.2, 0.25) is 0 Å². The van der Waals surface area contributed by atoms with Crippen molar-refractivity contribution in [3.05, 3.63) is 35.4 Å². The molecular weight excluding hydrogens is 222 g/mol. The van der Waals surface area contributed by atoms with Crippen molar-refractivity contribution >= 4 is 17.7 Å². The number of nitrogens with zero attached hydrogens (tertiary/aromatic N) is 1. The molecular formula is C12H13NO2S. The van der Waals surface area contributed by atoms with E-state index >= 15 is 0 Å². The minimum absolute atomic E-state index is 0.0272. The summed E-state index contributed by atoms with van der Waals surface area (Å²) in [5.41, 5.74) is 0.386. The number of hydrogen-bond donors (Lipinski definition) is 1. The van der Waals surface area contributed by atoms with Gasteiger partial charge in [-0.1, -0.05) is 18.2 Å². The zero-order valence-corrected chi connectivity index (χ0v) is 9.67. The Morgan fingerprint density at radius 3 is 3.00 bits per heavy atom. The topological polar surface area (TPSA) is 40.5 Å². The van der Waals surface area contributed by atoms with Gasteiger partial charge in [0.05, 0.1) is 0 Å². The Labute approximate surface area is 98.4 Å². The summed E-state index contributed by atoms with van der Waals surface area (Å²) in [6, 6.07) is 7.40. The summed E-state index contributed by atoms with van der Waals surface area (Å²) >= 11 is 1.79. The molecule has 16 heavy (non-hydrogen) atoms. The summed E-state index contributed by atoms with van der Waals surface area (Å²) in [6.45, 7) is 0.634. The molecule has 4 heteroatoms. The van der Waals surface area contributed by atoms with Crippen LogP contribution in [0.3, 0.4) is 0 Å². The van der Waals surface area contributed by atoms with Crippen LogP contribution in [0.5, 0.6) is 0 Å². The van der Waals surface area contributed by atoms with Crippen molar-refractivity contribution in [2.45, 2.75) is 12.1 Å². The number of amides is 1. The number of rotatable bonds is 0. The van der Waals surface area contributed by atoms with E-state index in [2.05, 4.69) is 0 Å². The average Bonchev–Trinajstić information content (AvgIpc) is 2.46. The minimum atomic E-state index is -1.06. The highest BCUT2D eigenvalue weighted by Gasteiger charge is 2.48. The summed E-state index contributed by atoms with van der Waals surface area (Å²) in [7, 11) is 0. The van der Waals surface area contributed by atoms with Crippen molar-refractivity contribution < 1.29 is 9.90 Å². The lowest BCUT2D eigenvalue weighted by Crippen LogP contribution is -2.44. The molecule has 1 aromatic carbocycles. The smallest absolute Gasteiger partial charge is 0.256 e. The molecule has 0 spiro atoms. The third-order valence-corrected chi connectivity index (χ3v) is 4.30. The van der Waals surface area contributed by atoms with Crippen LogP contribution in [0.4, 0.5) is 0 Å². The second-order valence-electron chi connectivity index (χ2n) is 4.18. The van der Waals surface area contributed by atoms with Crippen LogP contribution in [0.1, 0.15) is 22.3 Å². The Hall–Kier alpha value is -1.00. The van der Waals surface area contributed by atoms with Crippen LogP contribution in [0.25, 0.3) is 0 Å². The van der Waals surface area contributed by atoms with Crippen LogP contribution < -0.4 is 0 Å². The van der Waals surface area contributed by atoms with E-state index in [0.717, 1.165) is 17.1 Å². The lowest BCUT2D eigenvalue weighted by Gasteiger charge is -2.32. The van der Waals surface area contributed by atoms with Crippen LogP contribution in [0, 0.1) is 0 Å². The van der Waals surface area contributed by atoms with Crippen LogP contribution >= 0.6 is 11.8 Å². The first-order valence-corrected chi connectivity index (χ1v) is 6.60. The van der Waals surface area contributed by atoms with Crippen molar-refractivity contribution in [1.82, 2.24) is 4.90 Å². The van der Waals surface area contributed by atoms with Gasteiger partial charge in [0.1, 0.15) is 0 Å². The zero-order chi connectivity index (χ0) is 11.2. The number of fused-ring (bicyclic) bond motifs is 3. The van der Waals surface area contributed by atoms with E-state index in [9.17, 15) is 9.90 Å². The zero-order valence-electron chi connectivity index (χ0n) is 8.85. The maximum absolute atomic E-state index is 12.1. The van der Waals surface area contributed by atoms with E-state index in [1.165, 1.54) is 0 Å². The van der Waals surface area contributed by atoms with Gasteiger partial charge in [-0.25, -0.2) is 0 Å². The molecule has 0 aliphatic carbocycles. The van der Waals surface area contributed by atoms with E-state index < -0.39 is 5.72 Å². The number of carbonyl (C=O) groups is 1. The van der Waals surface area contributed by atoms with Gasteiger partial charge >= 0.3 is 0 Å². The van der Waals surface area contributed by atoms with E-state index in [1.807, 2.05) is 18.2 Å². The molecule has 0 saturated carbocycles. The fourth-order valence-corrected chi connectivity index (χ4v) is 3.45. The van der Waals surface area contributed by atoms with E-state index in [1.54, 1.807) is 22.7 Å². The lowest BCUT2D eigenvalue weighted by atomic mass is 9.99. The highest BCUT2D eigenvalue weighted by Crippen LogP contribution is 2.41. The molecule has 1 amide bonds. The third kappa shape index (κ3) is 1.23. The van der Waals surface area contributed by atoms with Crippen LogP contribution in [-0.2, 0) is 5.72 Å². The van der Waals surface area contributed by atoms with Gasteiger partial charge in [0.25, 0.3) is 5.91 Å². The first-order valence-electron chi connectivity index (χ1n) is 5.45. The quantitative estimate of drug-likeness (QED) is 0.739. The third-order valence-electron chi connectivity index (χ3n) is 3.33. The van der Waals surface area contributed by atoms with Gasteiger partial charge in [-0.15, -0.1) is 0 Å². The summed E-state index contributed by atoms with van der Waals surface area (Å²) in [5.74, 6) is 1.78. The number of benzene rings is 1. The van der Waals surface area contributed by atoms with Crippen molar-refractivity contribution in [3.63, 3.8) is 0 Å². The van der Waals surface area contributed by atoms with Gasteiger partial charge < -0.3 is 10.0 Å². The van der Waals surface area contributed by atoms with Gasteiger partial charge in [0, 0.05) is 29.8 Å². The van der Waals surface area contributed by atoms with Crippen LogP contribution in [-0.4, -0.2) is 34.0 Å². The Kier molecular flexibility index (Phi) is 2.23. The molecule has 1 fully saturated rings. The molecule has 3 nitrogen and oxygen atoms in total. The maximum atomic E-state index is 12.1. The second kappa shape index (κ2) is 3.50. The molecule has 1 aromatic rings. The standard InChI is InChI=1S/C12H13NO2S/c14-11-9-3-1-2-4-10(9)12(15)5-7-16-8-6-13(11)12/h1-4,15H,5-8H2. The second-order valence-corrected chi connectivity index (χ2v) is 5.41. The SMILES string of the molecule is O=C1c2ccccc2C2(O)CCSCCN12. The summed E-state index contributed by atoms with van der Waals surface area (Å²) in [6.07, 6.45) is 0.625. The molecule has 2 aliphatic rings. The number of aliphatic hydroxyl groups is 1. The molecule has 1 N–H and O–H groups in total. The normalized spacial score (nSPS) is 28.6. The fraction of sp³-hybridized carbons (Fsp3) is 0.417. The number of thioether (sulfide) groups is 1. The largest absolute Gasteiger partial charge is 0.367 e. The predicted octanol–water partition coefficient (Wildman–Crippen LogP) is 1.42. The molecule has 0 aromatic heterocycles. The van der Waals surface area contributed by atoms with E-state index in [-0.39, 0.29) is 5.91 Å². The van der Waals surface area contributed by atoms with Crippen molar-refractivity contribution in [2.75, 3.05) is 18.1 Å². The Bertz CT molecular complexity index is 448. The van der Waals surface area contributed by atoms with Crippen molar-refractivity contribution in [1.29, 1.82) is 0 Å². The fourth-order valence-electron chi connectivity index (χ4n) is 2.51. The Morgan fingerprint density at radius 2 is 2.12 bits per heavy atom. The molecule has 1 unspecified atom stereocenters. The summed E-state index contributed by atoms with van der Waals surface area (Å²) in [5, 5.41) is 10.7. The van der Waals surface area contributed by atoms with Crippen molar-refractivity contribution in [2.24, 2.45) is 0 Å². The van der Waals surface area contributed by atoms with Gasteiger partial charge in [-0.3, -0.25) is 4.79 Å². The van der Waals surface area contributed by atoms with Crippen LogP contribution in [0.15, 0.2) is 24.3 Å². The average molecular weight is 235 g/mol. The monoisotopic (exact) mass is 235 g/mol. The maximum Gasteiger partial charge on any atom is 0.256 e. The number of carbonyl (C=O) groups excluding carboxylic acids is 1. The minimum Gasteiger partial charge on any atom is -0.367 e. The predicted molar refractivity (Wildman–Crippen MR) is 63.3 cm³/mol. The summed E-state index contributed by atoms with van der Waals surface area (Å²) < 4.78 is 0. The molecule has 0 radical (unpaired) electrons. The summed E-state index contributed by atoms with van der Waals surface area (Å²) in [4.78, 5) is 13.8. The molecule has 1 saturated heterocycles. The molecule has 84 valence electrons. The highest BCUT2D eigenvalue weighted by atomic mass is 32.2. The number of hydrogen-bond acceptors (Lipinski definition) is 3. The highest BCUT2D eigenvalue weighted by molar-refractivity contribution is 7.99. The Balaban J connectivity index is 2.16. The first-order chi connectivity index (χ1) is 7.73. The van der Waals surface area contributed by atoms with Gasteiger partial charge in [0.15, 0.2) is 5.72 Å². The van der Waals surface area contributed by atoms with E-state index in [0.29, 0.717) is 18.5 Å². The van der Waals surface area contributed by atoms with Gasteiger partial charge in [-0.2, -0.15) is 11.8 Å². The van der Waals surface area contributed by atoms with Gasteiger partial charge in [0.2, 0.25) is 0 Å².